The minimum absolute atomic E-state index is 0.922. The number of benzene rings is 6. The molecule has 46 heavy (non-hydrogen) atoms. The second kappa shape index (κ2) is 10.8. The zero-order chi connectivity index (χ0) is 30.5. The van der Waals surface area contributed by atoms with Crippen LogP contribution in [0.15, 0.2) is 164 Å². The molecule has 0 unspecified atom stereocenters. The maximum atomic E-state index is 5.38. The molecule has 6 aromatic carbocycles. The Morgan fingerprint density at radius 3 is 1.74 bits per heavy atom. The third-order valence-electron chi connectivity index (χ3n) is 8.88. The lowest BCUT2D eigenvalue weighted by Crippen LogP contribution is -1.94. The molecule has 0 atom stereocenters. The molecule has 0 saturated carbocycles. The Hall–Kier alpha value is -6.19. The van der Waals surface area contributed by atoms with E-state index in [0.717, 1.165) is 61.0 Å². The first-order valence-electron chi connectivity index (χ1n) is 15.5. The Morgan fingerprint density at radius 1 is 0.348 bits per heavy atom. The molecule has 0 spiro atoms. The van der Waals surface area contributed by atoms with E-state index in [9.17, 15) is 0 Å². The van der Waals surface area contributed by atoms with E-state index >= 15 is 0 Å². The SMILES string of the molecule is c1ccc(-c2cc(-c3ccccc3)c3c(n2)c(-c2ccc(-c4ccc5ccc6cccnc6c5n4)cc2)cc2ccccc23)cc1. The molecule has 0 aliphatic carbocycles. The lowest BCUT2D eigenvalue weighted by molar-refractivity contribution is 1.37. The van der Waals surface area contributed by atoms with Crippen LogP contribution in [-0.2, 0) is 0 Å². The Labute approximate surface area is 266 Å². The molecule has 0 saturated heterocycles. The molecule has 0 amide bonds. The quantitative estimate of drug-likeness (QED) is 0.193. The Morgan fingerprint density at radius 2 is 0.935 bits per heavy atom. The molecule has 3 heterocycles. The molecule has 0 bridgehead atoms. The van der Waals surface area contributed by atoms with Crippen LogP contribution in [0.5, 0.6) is 0 Å². The molecule has 214 valence electrons. The van der Waals surface area contributed by atoms with Gasteiger partial charge >= 0.3 is 0 Å². The van der Waals surface area contributed by atoms with Gasteiger partial charge in [0.25, 0.3) is 0 Å². The number of aromatic nitrogens is 3. The van der Waals surface area contributed by atoms with Crippen molar-refractivity contribution in [1.82, 2.24) is 15.0 Å². The van der Waals surface area contributed by atoms with Gasteiger partial charge < -0.3 is 0 Å². The third-order valence-corrected chi connectivity index (χ3v) is 8.88. The highest BCUT2D eigenvalue weighted by molar-refractivity contribution is 6.18. The minimum Gasteiger partial charge on any atom is -0.254 e. The van der Waals surface area contributed by atoms with Crippen LogP contribution >= 0.6 is 0 Å². The van der Waals surface area contributed by atoms with Crippen LogP contribution < -0.4 is 0 Å². The number of hydrogen-bond acceptors (Lipinski definition) is 3. The number of nitrogens with zero attached hydrogens (tertiary/aromatic N) is 3. The van der Waals surface area contributed by atoms with E-state index in [2.05, 4.69) is 151 Å². The first-order valence-corrected chi connectivity index (χ1v) is 15.5. The smallest absolute Gasteiger partial charge is 0.0972 e. The minimum atomic E-state index is 0.922. The summed E-state index contributed by atoms with van der Waals surface area (Å²) in [5.41, 5.74) is 11.5. The average molecular weight is 586 g/mol. The zero-order valence-corrected chi connectivity index (χ0v) is 24.9. The van der Waals surface area contributed by atoms with E-state index in [4.69, 9.17) is 9.97 Å². The van der Waals surface area contributed by atoms with E-state index < -0.39 is 0 Å². The van der Waals surface area contributed by atoms with Gasteiger partial charge in [-0.2, -0.15) is 0 Å². The van der Waals surface area contributed by atoms with Crippen LogP contribution in [0.1, 0.15) is 0 Å². The first-order chi connectivity index (χ1) is 22.8. The molecule has 9 rings (SSSR count). The zero-order valence-electron chi connectivity index (χ0n) is 24.9. The maximum Gasteiger partial charge on any atom is 0.0972 e. The van der Waals surface area contributed by atoms with E-state index in [1.54, 1.807) is 0 Å². The molecule has 0 fully saturated rings. The second-order valence-corrected chi connectivity index (χ2v) is 11.6. The molecule has 0 radical (unpaired) electrons. The summed E-state index contributed by atoms with van der Waals surface area (Å²) in [7, 11) is 0. The number of hydrogen-bond donors (Lipinski definition) is 0. The molecule has 3 heteroatoms. The van der Waals surface area contributed by atoms with Crippen molar-refractivity contribution in [1.29, 1.82) is 0 Å². The summed E-state index contributed by atoms with van der Waals surface area (Å²) in [6.07, 6.45) is 1.83. The van der Waals surface area contributed by atoms with Crippen LogP contribution in [-0.4, -0.2) is 15.0 Å². The van der Waals surface area contributed by atoms with Gasteiger partial charge in [0, 0.05) is 39.0 Å². The molecule has 0 aliphatic rings. The molecular formula is C43H27N3. The van der Waals surface area contributed by atoms with Gasteiger partial charge in [0.05, 0.1) is 27.9 Å². The van der Waals surface area contributed by atoms with Crippen molar-refractivity contribution in [3.05, 3.63) is 164 Å². The number of pyridine rings is 3. The van der Waals surface area contributed by atoms with Crippen LogP contribution in [0.4, 0.5) is 0 Å². The number of rotatable bonds is 4. The highest BCUT2D eigenvalue weighted by Gasteiger charge is 2.17. The lowest BCUT2D eigenvalue weighted by atomic mass is 9.90. The van der Waals surface area contributed by atoms with Gasteiger partial charge in [-0.05, 0) is 51.7 Å². The standard InChI is InChI=1S/C43H27N3/c1-3-10-28(11-4-1)36-27-39(30-12-5-2-6-13-30)46-43-37(26-34-14-7-8-16-35(34)40(36)43)29-17-19-31(20-18-29)38-24-23-33-22-21-32-15-9-25-44-41(32)42(33)45-38/h1-27H. The third kappa shape index (κ3) is 4.41. The van der Waals surface area contributed by atoms with Gasteiger partial charge in [-0.25, -0.2) is 9.97 Å². The second-order valence-electron chi connectivity index (χ2n) is 11.6. The average Bonchev–Trinajstić information content (AvgIpc) is 3.14. The summed E-state index contributed by atoms with van der Waals surface area (Å²) in [5.74, 6) is 0. The Bertz CT molecular complexity index is 2560. The van der Waals surface area contributed by atoms with Crippen LogP contribution in [0.3, 0.4) is 0 Å². The first kappa shape index (κ1) is 26.2. The van der Waals surface area contributed by atoms with Gasteiger partial charge in [-0.3, -0.25) is 4.98 Å². The normalized spacial score (nSPS) is 11.5. The Kier molecular flexibility index (Phi) is 6.14. The molecule has 0 N–H and O–H groups in total. The van der Waals surface area contributed by atoms with Gasteiger partial charge in [0.1, 0.15) is 0 Å². The van der Waals surface area contributed by atoms with Gasteiger partial charge in [-0.15, -0.1) is 0 Å². The predicted molar refractivity (Wildman–Crippen MR) is 192 cm³/mol. The maximum absolute atomic E-state index is 5.38. The van der Waals surface area contributed by atoms with E-state index in [0.29, 0.717) is 0 Å². The number of fused-ring (bicyclic) bond motifs is 6. The predicted octanol–water partition coefficient (Wildman–Crippen LogP) is 11.2. The summed E-state index contributed by atoms with van der Waals surface area (Å²) < 4.78 is 0. The van der Waals surface area contributed by atoms with Crippen molar-refractivity contribution >= 4 is 43.5 Å². The molecule has 3 nitrogen and oxygen atoms in total. The fraction of sp³-hybridized carbons (Fsp3) is 0. The molecular weight excluding hydrogens is 558 g/mol. The molecule has 9 aromatic rings. The van der Waals surface area contributed by atoms with Crippen molar-refractivity contribution in [2.75, 3.05) is 0 Å². The van der Waals surface area contributed by atoms with Gasteiger partial charge in [0.15, 0.2) is 0 Å². The Balaban J connectivity index is 1.26. The summed E-state index contributed by atoms with van der Waals surface area (Å²) in [4.78, 5) is 15.1. The van der Waals surface area contributed by atoms with Crippen LogP contribution in [0.25, 0.3) is 88.2 Å². The highest BCUT2D eigenvalue weighted by atomic mass is 14.8. The van der Waals surface area contributed by atoms with Crippen LogP contribution in [0, 0.1) is 0 Å². The fourth-order valence-electron chi connectivity index (χ4n) is 6.61. The summed E-state index contributed by atoms with van der Waals surface area (Å²) in [6, 6.07) is 55.5. The summed E-state index contributed by atoms with van der Waals surface area (Å²) in [5, 5.41) is 5.74. The summed E-state index contributed by atoms with van der Waals surface area (Å²) >= 11 is 0. The monoisotopic (exact) mass is 585 g/mol. The molecule has 0 aliphatic heterocycles. The van der Waals surface area contributed by atoms with E-state index in [-0.39, 0.29) is 0 Å². The van der Waals surface area contributed by atoms with Crippen LogP contribution in [0.2, 0.25) is 0 Å². The topological polar surface area (TPSA) is 38.7 Å². The van der Waals surface area contributed by atoms with E-state index in [1.807, 2.05) is 18.3 Å². The molecule has 3 aromatic heterocycles. The van der Waals surface area contributed by atoms with Crippen molar-refractivity contribution in [2.45, 2.75) is 0 Å². The largest absolute Gasteiger partial charge is 0.254 e. The van der Waals surface area contributed by atoms with Crippen molar-refractivity contribution < 1.29 is 0 Å². The van der Waals surface area contributed by atoms with Crippen molar-refractivity contribution in [3.63, 3.8) is 0 Å². The van der Waals surface area contributed by atoms with Gasteiger partial charge in [0.2, 0.25) is 0 Å². The summed E-state index contributed by atoms with van der Waals surface area (Å²) in [6.45, 7) is 0. The highest BCUT2D eigenvalue weighted by Crippen LogP contribution is 2.41. The van der Waals surface area contributed by atoms with E-state index in [1.165, 1.54) is 27.3 Å². The fourth-order valence-corrected chi connectivity index (χ4v) is 6.61. The van der Waals surface area contributed by atoms with Gasteiger partial charge in [-0.1, -0.05) is 133 Å². The van der Waals surface area contributed by atoms with Crippen molar-refractivity contribution in [2.24, 2.45) is 0 Å². The van der Waals surface area contributed by atoms with Crippen molar-refractivity contribution in [3.8, 4) is 44.8 Å². The lowest BCUT2D eigenvalue weighted by Gasteiger charge is -2.17.